The highest BCUT2D eigenvalue weighted by molar-refractivity contribution is 5.89. The van der Waals surface area contributed by atoms with Crippen LogP contribution < -0.4 is 9.47 Å². The second-order valence-electron chi connectivity index (χ2n) is 5.62. The fourth-order valence-electron chi connectivity index (χ4n) is 2.44. The summed E-state index contributed by atoms with van der Waals surface area (Å²) in [5.74, 6) is -0.896. The summed E-state index contributed by atoms with van der Waals surface area (Å²) < 4.78 is 42.5. The number of carboxylic acids is 1. The maximum Gasteiger partial charge on any atom is 0.490 e. The minimum Gasteiger partial charge on any atom is -0.508 e. The molecule has 0 heterocycles. The van der Waals surface area contributed by atoms with Crippen molar-refractivity contribution >= 4 is 16.7 Å². The van der Waals surface area contributed by atoms with Crippen LogP contribution in [0.15, 0.2) is 54.6 Å². The maximum absolute atomic E-state index is 10.6. The molecular weight excluding hydrogens is 377 g/mol. The minimum absolute atomic E-state index is 0.272. The van der Waals surface area contributed by atoms with Crippen molar-refractivity contribution in [3.05, 3.63) is 54.6 Å². The van der Waals surface area contributed by atoms with E-state index in [1.165, 1.54) is 0 Å². The van der Waals surface area contributed by atoms with Gasteiger partial charge in [0, 0.05) is 5.56 Å². The molecule has 0 aliphatic heterocycles. The van der Waals surface area contributed by atoms with Gasteiger partial charge in [0.25, 0.3) is 0 Å². The van der Waals surface area contributed by atoms with Crippen molar-refractivity contribution in [3.63, 3.8) is 0 Å². The van der Waals surface area contributed by atoms with E-state index < -0.39 is 12.1 Å². The van der Waals surface area contributed by atoms with E-state index in [1.54, 1.807) is 26.4 Å². The minimum atomic E-state index is -5.08. The Hall–Kier alpha value is -3.42. The zero-order valence-electron chi connectivity index (χ0n) is 14.9. The van der Waals surface area contributed by atoms with Crippen LogP contribution in [0.4, 0.5) is 13.2 Å². The van der Waals surface area contributed by atoms with E-state index in [0.717, 1.165) is 33.4 Å². The summed E-state index contributed by atoms with van der Waals surface area (Å²) in [6.07, 6.45) is -5.08. The molecule has 3 aromatic carbocycles. The number of phenolic OH excluding ortho intramolecular Hbond substituents is 1. The summed E-state index contributed by atoms with van der Waals surface area (Å²) in [4.78, 5) is 8.90. The number of hydrogen-bond acceptors (Lipinski definition) is 4. The van der Waals surface area contributed by atoms with Crippen LogP contribution >= 0.6 is 0 Å². The summed E-state index contributed by atoms with van der Waals surface area (Å²) in [5.41, 5.74) is 2.02. The Bertz CT molecular complexity index is 983. The lowest BCUT2D eigenvalue weighted by Gasteiger charge is -2.11. The van der Waals surface area contributed by atoms with Gasteiger partial charge in [-0.25, -0.2) is 4.79 Å². The number of aromatic hydroxyl groups is 1. The molecule has 0 aromatic heterocycles. The molecular formula is C20H17F3O5. The molecule has 0 spiro atoms. The number of fused-ring (bicyclic) bond motifs is 1. The van der Waals surface area contributed by atoms with Crippen molar-refractivity contribution in [2.45, 2.75) is 6.18 Å². The van der Waals surface area contributed by atoms with E-state index in [1.807, 2.05) is 36.4 Å². The Morgan fingerprint density at radius 3 is 2.07 bits per heavy atom. The zero-order valence-corrected chi connectivity index (χ0v) is 14.9. The monoisotopic (exact) mass is 394 g/mol. The molecule has 0 unspecified atom stereocenters. The molecule has 3 aromatic rings. The lowest BCUT2D eigenvalue weighted by molar-refractivity contribution is -0.192. The molecule has 0 fully saturated rings. The fraction of sp³-hybridized carbons (Fsp3) is 0.150. The van der Waals surface area contributed by atoms with Crippen molar-refractivity contribution < 1.29 is 37.7 Å². The standard InChI is InChI=1S/C18H16O3.C2HF3O2/c1-20-16-7-8-18(21-2)17(11-16)14-4-3-13-10-15(19)6-5-12(13)9-14;3-2(4,5)1(6)7/h3-11,19H,1-2H3;(H,6,7). The number of aliphatic carboxylic acids is 1. The smallest absolute Gasteiger partial charge is 0.490 e. The number of ether oxygens (including phenoxy) is 2. The van der Waals surface area contributed by atoms with E-state index >= 15 is 0 Å². The van der Waals surface area contributed by atoms with E-state index in [0.29, 0.717) is 0 Å². The summed E-state index contributed by atoms with van der Waals surface area (Å²) in [5, 5.41) is 18.7. The molecule has 2 N–H and O–H groups in total. The number of benzene rings is 3. The van der Waals surface area contributed by atoms with Crippen LogP contribution in [0.2, 0.25) is 0 Å². The fourth-order valence-corrected chi connectivity index (χ4v) is 2.44. The van der Waals surface area contributed by atoms with Gasteiger partial charge in [-0.2, -0.15) is 13.2 Å². The molecule has 0 saturated carbocycles. The van der Waals surface area contributed by atoms with Crippen molar-refractivity contribution in [3.8, 4) is 28.4 Å². The van der Waals surface area contributed by atoms with Gasteiger partial charge in [0.05, 0.1) is 14.2 Å². The van der Waals surface area contributed by atoms with E-state index in [-0.39, 0.29) is 5.75 Å². The number of halogens is 3. The van der Waals surface area contributed by atoms with Crippen LogP contribution in [0, 0.1) is 0 Å². The van der Waals surface area contributed by atoms with Crippen LogP contribution in [0.5, 0.6) is 17.2 Å². The molecule has 0 radical (unpaired) electrons. The van der Waals surface area contributed by atoms with Gasteiger partial charge in [-0.05, 0) is 52.7 Å². The highest BCUT2D eigenvalue weighted by Crippen LogP contribution is 2.35. The number of phenols is 1. The van der Waals surface area contributed by atoms with Crippen molar-refractivity contribution in [1.82, 2.24) is 0 Å². The molecule has 3 rings (SSSR count). The third-order valence-electron chi connectivity index (χ3n) is 3.78. The largest absolute Gasteiger partial charge is 0.508 e. The first-order valence-corrected chi connectivity index (χ1v) is 7.91. The van der Waals surface area contributed by atoms with Crippen molar-refractivity contribution in [2.75, 3.05) is 14.2 Å². The molecule has 8 heteroatoms. The Morgan fingerprint density at radius 2 is 1.50 bits per heavy atom. The van der Waals surface area contributed by atoms with Gasteiger partial charge in [-0.1, -0.05) is 18.2 Å². The topological polar surface area (TPSA) is 76.0 Å². The van der Waals surface area contributed by atoms with E-state index in [4.69, 9.17) is 19.4 Å². The Kier molecular flexibility index (Phi) is 6.35. The Labute approximate surface area is 158 Å². The van der Waals surface area contributed by atoms with Crippen molar-refractivity contribution in [1.29, 1.82) is 0 Å². The van der Waals surface area contributed by atoms with Gasteiger partial charge in [0.2, 0.25) is 0 Å². The summed E-state index contributed by atoms with van der Waals surface area (Å²) in [6, 6.07) is 17.2. The number of hydrogen-bond donors (Lipinski definition) is 2. The zero-order chi connectivity index (χ0) is 20.9. The quantitative estimate of drug-likeness (QED) is 0.663. The van der Waals surface area contributed by atoms with E-state index in [2.05, 4.69) is 6.07 Å². The van der Waals surface area contributed by atoms with Crippen molar-refractivity contribution in [2.24, 2.45) is 0 Å². The maximum atomic E-state index is 10.6. The van der Waals surface area contributed by atoms with Crippen LogP contribution in [-0.4, -0.2) is 36.6 Å². The average molecular weight is 394 g/mol. The third kappa shape index (κ3) is 5.06. The lowest BCUT2D eigenvalue weighted by Crippen LogP contribution is -2.21. The lowest BCUT2D eigenvalue weighted by atomic mass is 10.00. The predicted octanol–water partition coefficient (Wildman–Crippen LogP) is 4.86. The molecule has 28 heavy (non-hydrogen) atoms. The number of methoxy groups -OCH3 is 2. The van der Waals surface area contributed by atoms with Crippen LogP contribution in [-0.2, 0) is 4.79 Å². The van der Waals surface area contributed by atoms with Gasteiger partial charge >= 0.3 is 12.1 Å². The van der Waals surface area contributed by atoms with Gasteiger partial charge < -0.3 is 19.7 Å². The summed E-state index contributed by atoms with van der Waals surface area (Å²) >= 11 is 0. The first-order chi connectivity index (χ1) is 13.2. The molecule has 0 aliphatic rings. The van der Waals surface area contributed by atoms with Crippen LogP contribution in [0.1, 0.15) is 0 Å². The highest BCUT2D eigenvalue weighted by Gasteiger charge is 2.38. The first-order valence-electron chi connectivity index (χ1n) is 7.91. The summed E-state index contributed by atoms with van der Waals surface area (Å²) in [6.45, 7) is 0. The van der Waals surface area contributed by atoms with Crippen LogP contribution in [0.3, 0.4) is 0 Å². The second-order valence-corrected chi connectivity index (χ2v) is 5.62. The molecule has 0 aliphatic carbocycles. The molecule has 0 amide bonds. The number of carbonyl (C=O) groups is 1. The van der Waals surface area contributed by atoms with Gasteiger partial charge in [-0.15, -0.1) is 0 Å². The Balaban J connectivity index is 0.000000345. The second kappa shape index (κ2) is 8.51. The average Bonchev–Trinajstić information content (AvgIpc) is 2.66. The predicted molar refractivity (Wildman–Crippen MR) is 97.8 cm³/mol. The highest BCUT2D eigenvalue weighted by atomic mass is 19.4. The molecule has 5 nitrogen and oxygen atoms in total. The van der Waals surface area contributed by atoms with Crippen LogP contribution in [0.25, 0.3) is 21.9 Å². The molecule has 0 bridgehead atoms. The number of rotatable bonds is 3. The van der Waals surface area contributed by atoms with Gasteiger partial charge in [-0.3, -0.25) is 0 Å². The Morgan fingerprint density at radius 1 is 0.893 bits per heavy atom. The first kappa shape index (κ1) is 20.9. The molecule has 0 atom stereocenters. The molecule has 148 valence electrons. The summed E-state index contributed by atoms with van der Waals surface area (Å²) in [7, 11) is 3.30. The number of carboxylic acid groups (broad SMARTS) is 1. The third-order valence-corrected chi connectivity index (χ3v) is 3.78. The normalized spacial score (nSPS) is 10.8. The number of alkyl halides is 3. The van der Waals surface area contributed by atoms with Gasteiger partial charge in [0.15, 0.2) is 0 Å². The van der Waals surface area contributed by atoms with Gasteiger partial charge in [0.1, 0.15) is 17.2 Å². The SMILES string of the molecule is COc1ccc(OC)c(-c2ccc3cc(O)ccc3c2)c1.O=C(O)C(F)(F)F. The van der Waals surface area contributed by atoms with E-state index in [9.17, 15) is 18.3 Å². The molecule has 0 saturated heterocycles.